The number of halogens is 1. The summed E-state index contributed by atoms with van der Waals surface area (Å²) in [5, 5.41) is 9.45. The lowest BCUT2D eigenvalue weighted by Gasteiger charge is -2.34. The van der Waals surface area contributed by atoms with E-state index in [1.54, 1.807) is 0 Å². The third-order valence-electron chi connectivity index (χ3n) is 5.24. The molecule has 3 heterocycles. The van der Waals surface area contributed by atoms with E-state index in [4.69, 9.17) is 4.42 Å². The molecule has 1 aliphatic heterocycles. The molecule has 0 saturated carbocycles. The maximum Gasteiger partial charge on any atom is 0.233 e. The smallest absolute Gasteiger partial charge is 0.233 e. The van der Waals surface area contributed by atoms with E-state index in [0.717, 1.165) is 18.7 Å². The molecule has 6 nitrogen and oxygen atoms in total. The molecule has 0 aliphatic carbocycles. The molecule has 1 fully saturated rings. The minimum Gasteiger partial charge on any atom is -0.446 e. The molecule has 8 heteroatoms. The summed E-state index contributed by atoms with van der Waals surface area (Å²) in [6.07, 6.45) is 1.18. The Balaban J connectivity index is 1.53. The molecule has 0 bridgehead atoms. The quantitative estimate of drug-likeness (QED) is 0.459. The molecule has 1 aromatic carbocycles. The number of carbonyl (C=O) groups excluding carboxylic acids is 1. The number of nitrogens with zero attached hydrogens (tertiary/aromatic N) is 4. The van der Waals surface area contributed by atoms with Crippen molar-refractivity contribution in [2.24, 2.45) is 11.8 Å². The van der Waals surface area contributed by atoms with Crippen molar-refractivity contribution in [3.8, 4) is 11.6 Å². The zero-order valence-electron chi connectivity index (χ0n) is 17.1. The lowest BCUT2D eigenvalue weighted by molar-refractivity contribution is -0.130. The maximum absolute atomic E-state index is 12.8. The van der Waals surface area contributed by atoms with Gasteiger partial charge in [0.05, 0.1) is 12.3 Å². The average molecular weight is 489 g/mol. The molecule has 3 aromatic rings. The summed E-state index contributed by atoms with van der Waals surface area (Å²) in [6, 6.07) is 13.9. The highest BCUT2D eigenvalue weighted by atomic mass is 79.9. The molecule has 1 saturated heterocycles. The van der Waals surface area contributed by atoms with Gasteiger partial charge in [-0.15, -0.1) is 10.2 Å². The molecule has 2 aromatic heterocycles. The van der Waals surface area contributed by atoms with Crippen LogP contribution in [0.25, 0.3) is 11.6 Å². The highest BCUT2D eigenvalue weighted by Gasteiger charge is 2.26. The van der Waals surface area contributed by atoms with E-state index >= 15 is 0 Å². The minimum absolute atomic E-state index is 0.162. The van der Waals surface area contributed by atoms with Gasteiger partial charge in [0, 0.05) is 13.1 Å². The molecular formula is C22H25BrN4O2S. The molecular weight excluding hydrogens is 464 g/mol. The number of piperidine rings is 1. The second kappa shape index (κ2) is 9.39. The van der Waals surface area contributed by atoms with Crippen LogP contribution in [0.3, 0.4) is 0 Å². The number of hydrogen-bond acceptors (Lipinski definition) is 5. The van der Waals surface area contributed by atoms with Gasteiger partial charge in [0.2, 0.25) is 11.7 Å². The van der Waals surface area contributed by atoms with Crippen molar-refractivity contribution >= 4 is 33.6 Å². The first-order valence-electron chi connectivity index (χ1n) is 10.1. The molecule has 1 amide bonds. The van der Waals surface area contributed by atoms with Crippen LogP contribution in [-0.2, 0) is 11.3 Å². The normalized spacial score (nSPS) is 19.2. The number of aromatic nitrogens is 3. The molecule has 0 N–H and O–H groups in total. The SMILES string of the molecule is C[C@@H]1C[C@@H](C)CN(C(=O)CSc2nnc(-c3ccc(Br)o3)n2Cc2ccccc2)C1. The molecule has 2 atom stereocenters. The van der Waals surface area contributed by atoms with E-state index in [-0.39, 0.29) is 5.91 Å². The minimum atomic E-state index is 0.162. The van der Waals surface area contributed by atoms with Crippen LogP contribution in [0.5, 0.6) is 0 Å². The standard InChI is InChI=1S/C22H25BrN4O2S/c1-15-10-16(2)12-26(11-15)20(28)14-30-22-25-24-21(18-8-9-19(23)29-18)27(22)13-17-6-4-3-5-7-17/h3-9,15-16H,10-14H2,1-2H3/t15-,16-/m1/s1. The van der Waals surface area contributed by atoms with Crippen molar-refractivity contribution in [2.75, 3.05) is 18.8 Å². The number of likely N-dealkylation sites (tertiary alicyclic amines) is 1. The van der Waals surface area contributed by atoms with Crippen LogP contribution >= 0.6 is 27.7 Å². The van der Waals surface area contributed by atoms with Gasteiger partial charge < -0.3 is 9.32 Å². The molecule has 1 aliphatic rings. The number of thioether (sulfide) groups is 1. The fraction of sp³-hybridized carbons (Fsp3) is 0.409. The summed E-state index contributed by atoms with van der Waals surface area (Å²) < 4.78 is 8.37. The van der Waals surface area contributed by atoms with Gasteiger partial charge >= 0.3 is 0 Å². The summed E-state index contributed by atoms with van der Waals surface area (Å²) in [6.45, 7) is 6.72. The van der Waals surface area contributed by atoms with Crippen molar-refractivity contribution < 1.29 is 9.21 Å². The Morgan fingerprint density at radius 1 is 1.13 bits per heavy atom. The number of amides is 1. The monoisotopic (exact) mass is 488 g/mol. The van der Waals surface area contributed by atoms with Gasteiger partial charge in [-0.25, -0.2) is 0 Å². The van der Waals surface area contributed by atoms with Gasteiger partial charge in [-0.1, -0.05) is 55.9 Å². The van der Waals surface area contributed by atoms with Gasteiger partial charge in [0.1, 0.15) is 0 Å². The van der Waals surface area contributed by atoms with Crippen molar-refractivity contribution in [1.29, 1.82) is 0 Å². The predicted octanol–water partition coefficient (Wildman–Crippen LogP) is 4.95. The topological polar surface area (TPSA) is 64.2 Å². The second-order valence-electron chi connectivity index (χ2n) is 8.02. The van der Waals surface area contributed by atoms with Crippen molar-refractivity contribution in [3.63, 3.8) is 0 Å². The molecule has 0 radical (unpaired) electrons. The van der Waals surface area contributed by atoms with Gasteiger partial charge in [0.25, 0.3) is 0 Å². The van der Waals surface area contributed by atoms with E-state index in [9.17, 15) is 4.79 Å². The predicted molar refractivity (Wildman–Crippen MR) is 121 cm³/mol. The van der Waals surface area contributed by atoms with E-state index in [1.165, 1.54) is 18.2 Å². The van der Waals surface area contributed by atoms with Crippen LogP contribution < -0.4 is 0 Å². The van der Waals surface area contributed by atoms with E-state index in [2.05, 4.69) is 52.1 Å². The summed E-state index contributed by atoms with van der Waals surface area (Å²) in [5.74, 6) is 2.91. The number of hydrogen-bond donors (Lipinski definition) is 0. The van der Waals surface area contributed by atoms with Crippen LogP contribution in [0, 0.1) is 11.8 Å². The van der Waals surface area contributed by atoms with Gasteiger partial charge in [-0.3, -0.25) is 9.36 Å². The first kappa shape index (κ1) is 21.2. The molecule has 158 valence electrons. The van der Waals surface area contributed by atoms with Gasteiger partial charge in [-0.05, 0) is 51.9 Å². The van der Waals surface area contributed by atoms with E-state index < -0.39 is 0 Å². The largest absolute Gasteiger partial charge is 0.446 e. The average Bonchev–Trinajstić information content (AvgIpc) is 3.32. The van der Waals surface area contributed by atoms with Crippen LogP contribution in [0.15, 0.2) is 56.7 Å². The molecule has 0 unspecified atom stereocenters. The van der Waals surface area contributed by atoms with Crippen molar-refractivity contribution in [3.05, 3.63) is 52.7 Å². The molecule has 30 heavy (non-hydrogen) atoms. The van der Waals surface area contributed by atoms with Gasteiger partial charge in [-0.2, -0.15) is 0 Å². The Kier molecular flexibility index (Phi) is 6.63. The van der Waals surface area contributed by atoms with Crippen molar-refractivity contribution in [1.82, 2.24) is 19.7 Å². The van der Waals surface area contributed by atoms with Gasteiger partial charge in [0.15, 0.2) is 15.6 Å². The highest BCUT2D eigenvalue weighted by molar-refractivity contribution is 9.10. The van der Waals surface area contributed by atoms with E-state index in [1.807, 2.05) is 39.8 Å². The lowest BCUT2D eigenvalue weighted by atomic mass is 9.92. The fourth-order valence-corrected chi connectivity index (χ4v) is 5.15. The Labute approximate surface area is 189 Å². The summed E-state index contributed by atoms with van der Waals surface area (Å²) in [5.41, 5.74) is 1.14. The summed E-state index contributed by atoms with van der Waals surface area (Å²) in [7, 11) is 0. The van der Waals surface area contributed by atoms with Crippen molar-refractivity contribution in [2.45, 2.75) is 32.0 Å². The van der Waals surface area contributed by atoms with Crippen LogP contribution in [0.4, 0.5) is 0 Å². The van der Waals surface area contributed by atoms with E-state index in [0.29, 0.717) is 45.5 Å². The Morgan fingerprint density at radius 2 is 1.87 bits per heavy atom. The van der Waals surface area contributed by atoms with Crippen LogP contribution in [0.1, 0.15) is 25.8 Å². The first-order valence-corrected chi connectivity index (χ1v) is 11.9. The molecule has 4 rings (SSSR count). The summed E-state index contributed by atoms with van der Waals surface area (Å²) in [4.78, 5) is 14.8. The number of rotatable bonds is 6. The molecule has 0 spiro atoms. The lowest BCUT2D eigenvalue weighted by Crippen LogP contribution is -2.43. The summed E-state index contributed by atoms with van der Waals surface area (Å²) >= 11 is 4.79. The van der Waals surface area contributed by atoms with Crippen LogP contribution in [0.2, 0.25) is 0 Å². The Bertz CT molecular complexity index is 994. The zero-order valence-corrected chi connectivity index (χ0v) is 19.5. The van der Waals surface area contributed by atoms with Crippen LogP contribution in [-0.4, -0.2) is 44.4 Å². The fourth-order valence-electron chi connectivity index (χ4n) is 4.00. The highest BCUT2D eigenvalue weighted by Crippen LogP contribution is 2.29. The Hall–Kier alpha value is -2.06. The third-order valence-corrected chi connectivity index (χ3v) is 6.62. The number of furan rings is 1. The Morgan fingerprint density at radius 3 is 2.53 bits per heavy atom. The first-order chi connectivity index (χ1) is 14.5. The third kappa shape index (κ3) is 4.98. The zero-order chi connectivity index (χ0) is 21.1. The second-order valence-corrected chi connectivity index (χ2v) is 9.74. The number of carbonyl (C=O) groups is 1. The maximum atomic E-state index is 12.8. The number of benzene rings is 1.